The van der Waals surface area contributed by atoms with Gasteiger partial charge in [0.1, 0.15) is 13.2 Å². The molecule has 0 saturated heterocycles. The molecule has 0 heterocycles. The summed E-state index contributed by atoms with van der Waals surface area (Å²) in [6.07, 6.45) is 72.9. The van der Waals surface area contributed by atoms with E-state index in [1.54, 1.807) is 0 Å². The average molecular weight is 948 g/mol. The monoisotopic (exact) mass is 947 g/mol. The summed E-state index contributed by atoms with van der Waals surface area (Å²) in [4.78, 5) is 38.1. The van der Waals surface area contributed by atoms with Gasteiger partial charge in [0.25, 0.3) is 0 Å². The van der Waals surface area contributed by atoms with Crippen LogP contribution in [0.15, 0.2) is 85.1 Å². The predicted octanol–water partition coefficient (Wildman–Crippen LogP) is 19.2. The zero-order valence-electron chi connectivity index (χ0n) is 44.6. The molecule has 0 aliphatic rings. The number of hydrogen-bond donors (Lipinski definition) is 0. The van der Waals surface area contributed by atoms with Crippen molar-refractivity contribution in [3.63, 3.8) is 0 Å². The van der Waals surface area contributed by atoms with Gasteiger partial charge < -0.3 is 14.2 Å². The summed E-state index contributed by atoms with van der Waals surface area (Å²) in [7, 11) is 0. The highest BCUT2D eigenvalue weighted by Crippen LogP contribution is 2.16. The van der Waals surface area contributed by atoms with Crippen molar-refractivity contribution in [2.75, 3.05) is 13.2 Å². The van der Waals surface area contributed by atoms with Crippen LogP contribution in [0, 0.1) is 0 Å². The second-order valence-electron chi connectivity index (χ2n) is 18.8. The molecule has 0 spiro atoms. The maximum absolute atomic E-state index is 12.8. The van der Waals surface area contributed by atoms with E-state index in [4.69, 9.17) is 14.2 Å². The highest BCUT2D eigenvalue weighted by atomic mass is 16.6. The minimum absolute atomic E-state index is 0.0911. The molecule has 0 aromatic rings. The summed E-state index contributed by atoms with van der Waals surface area (Å²) < 4.78 is 16.8. The van der Waals surface area contributed by atoms with E-state index in [0.717, 1.165) is 89.9 Å². The van der Waals surface area contributed by atoms with Crippen LogP contribution in [0.2, 0.25) is 0 Å². The van der Waals surface area contributed by atoms with Crippen LogP contribution >= 0.6 is 0 Å². The molecule has 1 unspecified atom stereocenters. The molecular formula is C62H106O6. The number of esters is 3. The fourth-order valence-electron chi connectivity index (χ4n) is 7.90. The summed E-state index contributed by atoms with van der Waals surface area (Å²) in [6.45, 7) is 6.49. The van der Waals surface area contributed by atoms with Crippen LogP contribution in [0.25, 0.3) is 0 Å². The summed E-state index contributed by atoms with van der Waals surface area (Å²) in [5.74, 6) is -0.946. The van der Waals surface area contributed by atoms with Crippen LogP contribution in [0.1, 0.15) is 271 Å². The van der Waals surface area contributed by atoms with Crippen molar-refractivity contribution in [2.45, 2.75) is 277 Å². The first-order chi connectivity index (χ1) is 33.5. The first-order valence-corrected chi connectivity index (χ1v) is 28.6. The molecule has 0 fully saturated rings. The maximum Gasteiger partial charge on any atom is 0.306 e. The molecule has 0 aromatic heterocycles. The van der Waals surface area contributed by atoms with E-state index in [1.807, 2.05) is 0 Å². The van der Waals surface area contributed by atoms with Gasteiger partial charge in [-0.25, -0.2) is 0 Å². The number of hydrogen-bond acceptors (Lipinski definition) is 6. The standard InChI is InChI=1S/C62H106O6/c1-4-7-10-13-16-19-22-24-26-28-29-30-31-32-33-34-36-37-40-43-46-49-52-55-61(64)67-58-59(57-66-60(63)54-51-48-45-42-39-21-18-15-12-9-6-3)68-62(65)56-53-50-47-44-41-38-35-27-25-23-20-17-14-11-8-5-2/h7,10,16,19,24,26,29-30,32-33,36-37,43,46,59H,4-6,8-9,11-15,17-18,20-23,25,27-28,31,34-35,38-42,44-45,47-58H2,1-3H3/b10-7-,19-16-,26-24-,30-29-,33-32-,37-36-,46-43-. The third kappa shape index (κ3) is 53.5. The van der Waals surface area contributed by atoms with Gasteiger partial charge >= 0.3 is 17.9 Å². The van der Waals surface area contributed by atoms with Crippen molar-refractivity contribution in [2.24, 2.45) is 0 Å². The number of carbonyl (C=O) groups excluding carboxylic acids is 3. The lowest BCUT2D eigenvalue weighted by atomic mass is 10.0. The molecule has 0 aliphatic heterocycles. The molecular weight excluding hydrogens is 841 g/mol. The molecule has 0 saturated carbocycles. The summed E-state index contributed by atoms with van der Waals surface area (Å²) in [5.41, 5.74) is 0. The first-order valence-electron chi connectivity index (χ1n) is 28.6. The van der Waals surface area contributed by atoms with Crippen LogP contribution in [0.4, 0.5) is 0 Å². The molecule has 0 rings (SSSR count). The van der Waals surface area contributed by atoms with E-state index in [2.05, 4.69) is 106 Å². The quantitative estimate of drug-likeness (QED) is 0.0262. The molecule has 390 valence electrons. The largest absolute Gasteiger partial charge is 0.462 e. The van der Waals surface area contributed by atoms with Crippen LogP contribution < -0.4 is 0 Å². The minimum atomic E-state index is -0.796. The van der Waals surface area contributed by atoms with Gasteiger partial charge in [-0.05, 0) is 70.6 Å². The molecule has 0 amide bonds. The SMILES string of the molecule is CC/C=C\C/C=C\C/C=C\C/C=C\C/C=C\C/C=C\C/C=C\CCCC(=O)OCC(COC(=O)CCCCCCCCCCCCC)OC(=O)CCCCCCCCCCCCCCCCCC. The lowest BCUT2D eigenvalue weighted by molar-refractivity contribution is -0.167. The van der Waals surface area contributed by atoms with Crippen LogP contribution in [-0.4, -0.2) is 37.2 Å². The van der Waals surface area contributed by atoms with Gasteiger partial charge in [0.2, 0.25) is 0 Å². The molecule has 0 aliphatic carbocycles. The Kier molecular flexibility index (Phi) is 53.4. The van der Waals surface area contributed by atoms with E-state index in [9.17, 15) is 14.4 Å². The Morgan fingerprint density at radius 2 is 0.574 bits per heavy atom. The van der Waals surface area contributed by atoms with Crippen LogP contribution in [-0.2, 0) is 28.6 Å². The number of rotatable bonds is 51. The summed E-state index contributed by atoms with van der Waals surface area (Å²) in [5, 5.41) is 0. The lowest BCUT2D eigenvalue weighted by Gasteiger charge is -2.18. The third-order valence-electron chi connectivity index (χ3n) is 12.2. The summed E-state index contributed by atoms with van der Waals surface area (Å²) in [6, 6.07) is 0. The fourth-order valence-corrected chi connectivity index (χ4v) is 7.90. The van der Waals surface area contributed by atoms with E-state index >= 15 is 0 Å². The van der Waals surface area contributed by atoms with Gasteiger partial charge in [0.05, 0.1) is 0 Å². The highest BCUT2D eigenvalue weighted by molar-refractivity contribution is 5.71. The molecule has 68 heavy (non-hydrogen) atoms. The molecule has 0 radical (unpaired) electrons. The van der Waals surface area contributed by atoms with Crippen molar-refractivity contribution < 1.29 is 28.6 Å². The second-order valence-corrected chi connectivity index (χ2v) is 18.8. The van der Waals surface area contributed by atoms with Gasteiger partial charge in [-0.15, -0.1) is 0 Å². The second kappa shape index (κ2) is 56.2. The van der Waals surface area contributed by atoms with E-state index in [1.165, 1.54) is 135 Å². The van der Waals surface area contributed by atoms with Gasteiger partial charge in [0, 0.05) is 19.3 Å². The topological polar surface area (TPSA) is 78.9 Å². The Hall–Kier alpha value is -3.41. The highest BCUT2D eigenvalue weighted by Gasteiger charge is 2.19. The normalized spacial score (nSPS) is 12.7. The Morgan fingerprint density at radius 1 is 0.309 bits per heavy atom. The number of carbonyl (C=O) groups is 3. The predicted molar refractivity (Wildman–Crippen MR) is 293 cm³/mol. The van der Waals surface area contributed by atoms with Gasteiger partial charge in [0.15, 0.2) is 6.10 Å². The third-order valence-corrected chi connectivity index (χ3v) is 12.2. The maximum atomic E-state index is 12.8. The van der Waals surface area contributed by atoms with E-state index < -0.39 is 6.10 Å². The molecule has 6 nitrogen and oxygen atoms in total. The minimum Gasteiger partial charge on any atom is -0.462 e. The number of unbranched alkanes of at least 4 members (excludes halogenated alkanes) is 26. The van der Waals surface area contributed by atoms with Crippen molar-refractivity contribution in [1.82, 2.24) is 0 Å². The Balaban J connectivity index is 4.42. The van der Waals surface area contributed by atoms with E-state index in [-0.39, 0.29) is 37.5 Å². The zero-order chi connectivity index (χ0) is 49.3. The van der Waals surface area contributed by atoms with Gasteiger partial charge in [-0.1, -0.05) is 266 Å². The van der Waals surface area contributed by atoms with Gasteiger partial charge in [-0.3, -0.25) is 14.4 Å². The molecule has 0 bridgehead atoms. The number of ether oxygens (including phenoxy) is 3. The Labute approximate surface area is 420 Å². The van der Waals surface area contributed by atoms with Crippen molar-refractivity contribution >= 4 is 17.9 Å². The zero-order valence-corrected chi connectivity index (χ0v) is 44.6. The van der Waals surface area contributed by atoms with E-state index in [0.29, 0.717) is 19.3 Å². The Bertz CT molecular complexity index is 1320. The molecule has 0 aromatic carbocycles. The Morgan fingerprint density at radius 3 is 0.897 bits per heavy atom. The summed E-state index contributed by atoms with van der Waals surface area (Å²) >= 11 is 0. The number of allylic oxidation sites excluding steroid dienone is 14. The van der Waals surface area contributed by atoms with Crippen LogP contribution in [0.5, 0.6) is 0 Å². The fraction of sp³-hybridized carbons (Fsp3) is 0.726. The smallest absolute Gasteiger partial charge is 0.306 e. The van der Waals surface area contributed by atoms with Crippen molar-refractivity contribution in [3.8, 4) is 0 Å². The first kappa shape index (κ1) is 64.6. The van der Waals surface area contributed by atoms with Crippen LogP contribution in [0.3, 0.4) is 0 Å². The lowest BCUT2D eigenvalue weighted by Crippen LogP contribution is -2.30. The molecule has 0 N–H and O–H groups in total. The molecule has 1 atom stereocenters. The average Bonchev–Trinajstić information content (AvgIpc) is 3.34. The van der Waals surface area contributed by atoms with Gasteiger partial charge in [-0.2, -0.15) is 0 Å². The molecule has 6 heteroatoms. The van der Waals surface area contributed by atoms with Crippen molar-refractivity contribution in [1.29, 1.82) is 0 Å². The van der Waals surface area contributed by atoms with Crippen molar-refractivity contribution in [3.05, 3.63) is 85.1 Å².